The van der Waals surface area contributed by atoms with Gasteiger partial charge in [-0.05, 0) is 38.3 Å². The summed E-state index contributed by atoms with van der Waals surface area (Å²) >= 11 is 0. The molecule has 202 valence electrons. The highest BCUT2D eigenvalue weighted by Gasteiger charge is 2.38. The van der Waals surface area contributed by atoms with Crippen LogP contribution in [-0.2, 0) is 22.7 Å². The van der Waals surface area contributed by atoms with Crippen molar-refractivity contribution >= 4 is 17.9 Å². The lowest BCUT2D eigenvalue weighted by molar-refractivity contribution is -0.193. The Morgan fingerprint density at radius 2 is 1.56 bits per heavy atom. The lowest BCUT2D eigenvalue weighted by Crippen LogP contribution is -2.34. The zero-order valence-electron chi connectivity index (χ0n) is 19.3. The highest BCUT2D eigenvalue weighted by molar-refractivity contribution is 5.73. The summed E-state index contributed by atoms with van der Waals surface area (Å²) in [7, 11) is 0. The van der Waals surface area contributed by atoms with Gasteiger partial charge in [-0.1, -0.05) is 0 Å². The van der Waals surface area contributed by atoms with Crippen LogP contribution in [-0.4, -0.2) is 78.3 Å². The number of alkyl halides is 6. The second kappa shape index (κ2) is 13.6. The maximum atomic E-state index is 10.6. The lowest BCUT2D eigenvalue weighted by Gasteiger charge is -2.27. The van der Waals surface area contributed by atoms with Crippen molar-refractivity contribution in [3.63, 3.8) is 0 Å². The smallest absolute Gasteiger partial charge is 0.475 e. The average molecular weight is 528 g/mol. The van der Waals surface area contributed by atoms with Crippen LogP contribution in [0.1, 0.15) is 26.0 Å². The van der Waals surface area contributed by atoms with Crippen molar-refractivity contribution in [3.8, 4) is 0 Å². The standard InChI is InChI=1S/C16H24N6.2C2HF3O2/c1-13(2)21-10-14(11-22-15(12-21)5-9-20-22)4-8-19-16-17-6-3-7-18-16;2*3-2(4,5)1(6)7/h3,5-7,9,13-14H,4,8,10-12H2,1-2H3,(H,17,18,19);2*(H,6,7). The van der Waals surface area contributed by atoms with Gasteiger partial charge >= 0.3 is 24.3 Å². The molecular weight excluding hydrogens is 502 g/mol. The van der Waals surface area contributed by atoms with E-state index in [1.807, 2.05) is 12.3 Å². The predicted molar refractivity (Wildman–Crippen MR) is 114 cm³/mol. The third kappa shape index (κ3) is 11.3. The molecule has 2 aromatic heterocycles. The molecule has 10 nitrogen and oxygen atoms in total. The van der Waals surface area contributed by atoms with Crippen molar-refractivity contribution in [2.24, 2.45) is 5.92 Å². The van der Waals surface area contributed by atoms with Crippen LogP contribution in [0.2, 0.25) is 0 Å². The fourth-order valence-corrected chi connectivity index (χ4v) is 2.92. The summed E-state index contributed by atoms with van der Waals surface area (Å²) < 4.78 is 65.6. The predicted octanol–water partition coefficient (Wildman–Crippen LogP) is 3.28. The van der Waals surface area contributed by atoms with Crippen LogP contribution in [0.5, 0.6) is 0 Å². The number of fused-ring (bicyclic) bond motifs is 1. The molecule has 3 N–H and O–H groups in total. The summed E-state index contributed by atoms with van der Waals surface area (Å²) in [5, 5.41) is 22.0. The van der Waals surface area contributed by atoms with Gasteiger partial charge in [-0.3, -0.25) is 9.58 Å². The summed E-state index contributed by atoms with van der Waals surface area (Å²) in [5.41, 5.74) is 1.32. The van der Waals surface area contributed by atoms with Crippen molar-refractivity contribution < 1.29 is 46.1 Å². The summed E-state index contributed by atoms with van der Waals surface area (Å²) in [6, 6.07) is 4.51. The number of carboxylic acids is 2. The molecule has 1 atom stereocenters. The van der Waals surface area contributed by atoms with E-state index >= 15 is 0 Å². The Balaban J connectivity index is 0.000000383. The van der Waals surface area contributed by atoms with Crippen LogP contribution < -0.4 is 5.32 Å². The fourth-order valence-electron chi connectivity index (χ4n) is 2.92. The first-order valence-electron chi connectivity index (χ1n) is 10.5. The number of aromatic nitrogens is 4. The van der Waals surface area contributed by atoms with Crippen LogP contribution in [0.25, 0.3) is 0 Å². The number of hydrogen-bond acceptors (Lipinski definition) is 7. The van der Waals surface area contributed by atoms with Gasteiger partial charge in [0.25, 0.3) is 0 Å². The maximum Gasteiger partial charge on any atom is 0.490 e. The van der Waals surface area contributed by atoms with E-state index in [0.717, 1.165) is 32.6 Å². The van der Waals surface area contributed by atoms with Crippen LogP contribution >= 0.6 is 0 Å². The molecule has 36 heavy (non-hydrogen) atoms. The molecule has 3 rings (SSSR count). The molecule has 0 bridgehead atoms. The number of carbonyl (C=O) groups is 2. The molecule has 1 aliphatic rings. The number of carboxylic acid groups (broad SMARTS) is 2. The van der Waals surface area contributed by atoms with Crippen LogP contribution in [0.15, 0.2) is 30.7 Å². The minimum absolute atomic E-state index is 0.550. The Labute approximate surface area is 201 Å². The van der Waals surface area contributed by atoms with Gasteiger partial charge in [0.1, 0.15) is 0 Å². The Kier molecular flexibility index (Phi) is 11.6. The third-order valence-electron chi connectivity index (χ3n) is 4.71. The number of aliphatic carboxylic acids is 2. The van der Waals surface area contributed by atoms with Crippen LogP contribution in [0.4, 0.5) is 32.3 Å². The van der Waals surface area contributed by atoms with Gasteiger partial charge in [0.15, 0.2) is 0 Å². The van der Waals surface area contributed by atoms with Gasteiger partial charge < -0.3 is 15.5 Å². The molecule has 0 aliphatic carbocycles. The minimum atomic E-state index is -5.08. The van der Waals surface area contributed by atoms with E-state index < -0.39 is 24.3 Å². The molecule has 16 heteroatoms. The van der Waals surface area contributed by atoms with Crippen molar-refractivity contribution in [1.82, 2.24) is 24.6 Å². The summed E-state index contributed by atoms with van der Waals surface area (Å²) in [6.07, 6.45) is -3.65. The molecule has 1 aliphatic heterocycles. The molecule has 0 saturated heterocycles. The summed E-state index contributed by atoms with van der Waals surface area (Å²) in [4.78, 5) is 28.7. The second-order valence-corrected chi connectivity index (χ2v) is 7.79. The van der Waals surface area contributed by atoms with Crippen molar-refractivity contribution in [3.05, 3.63) is 36.4 Å². The zero-order chi connectivity index (χ0) is 27.5. The molecule has 0 radical (unpaired) electrons. The van der Waals surface area contributed by atoms with Crippen LogP contribution in [0, 0.1) is 5.92 Å². The van der Waals surface area contributed by atoms with Crippen molar-refractivity contribution in [2.75, 3.05) is 18.4 Å². The minimum Gasteiger partial charge on any atom is -0.475 e. The SMILES string of the molecule is CC(C)N1Cc2ccnn2CC(CCNc2ncccn2)C1.O=C(O)C(F)(F)F.O=C(O)C(F)(F)F. The molecule has 0 fully saturated rings. The van der Waals surface area contributed by atoms with E-state index in [0.29, 0.717) is 17.9 Å². The first kappa shape index (κ1) is 30.6. The largest absolute Gasteiger partial charge is 0.490 e. The van der Waals surface area contributed by atoms with Crippen molar-refractivity contribution in [2.45, 2.75) is 51.8 Å². The first-order valence-corrected chi connectivity index (χ1v) is 10.5. The van der Waals surface area contributed by atoms with Gasteiger partial charge in [-0.15, -0.1) is 0 Å². The molecule has 0 saturated carbocycles. The number of anilines is 1. The van der Waals surface area contributed by atoms with E-state index in [1.54, 1.807) is 12.4 Å². The molecular formula is C20H26F6N6O4. The highest BCUT2D eigenvalue weighted by Crippen LogP contribution is 2.20. The number of hydrogen-bond donors (Lipinski definition) is 3. The molecule has 0 spiro atoms. The Morgan fingerprint density at radius 1 is 1.03 bits per heavy atom. The van der Waals surface area contributed by atoms with E-state index in [1.165, 1.54) is 5.69 Å². The van der Waals surface area contributed by atoms with Crippen molar-refractivity contribution in [1.29, 1.82) is 0 Å². The summed E-state index contributed by atoms with van der Waals surface area (Å²) in [5.74, 6) is -4.23. The first-order chi connectivity index (χ1) is 16.6. The molecule has 0 aromatic carbocycles. The Hall–Kier alpha value is -3.43. The van der Waals surface area contributed by atoms with E-state index in [2.05, 4.69) is 49.9 Å². The molecule has 0 amide bonds. The van der Waals surface area contributed by atoms with E-state index in [-0.39, 0.29) is 0 Å². The third-order valence-corrected chi connectivity index (χ3v) is 4.71. The second-order valence-electron chi connectivity index (χ2n) is 7.79. The lowest BCUT2D eigenvalue weighted by atomic mass is 10.0. The fraction of sp³-hybridized carbons (Fsp3) is 0.550. The zero-order valence-corrected chi connectivity index (χ0v) is 19.3. The van der Waals surface area contributed by atoms with Gasteiger partial charge in [-0.25, -0.2) is 19.6 Å². The Bertz CT molecular complexity index is 928. The quantitative estimate of drug-likeness (QED) is 0.500. The average Bonchev–Trinajstić information content (AvgIpc) is 3.12. The summed E-state index contributed by atoms with van der Waals surface area (Å²) in [6.45, 7) is 8.50. The number of nitrogens with zero attached hydrogens (tertiary/aromatic N) is 5. The maximum absolute atomic E-state index is 10.6. The monoisotopic (exact) mass is 528 g/mol. The normalized spacial score (nSPS) is 16.0. The van der Waals surface area contributed by atoms with Gasteiger partial charge in [-0.2, -0.15) is 31.4 Å². The van der Waals surface area contributed by atoms with E-state index in [4.69, 9.17) is 19.8 Å². The topological polar surface area (TPSA) is 133 Å². The van der Waals surface area contributed by atoms with Crippen LogP contribution in [0.3, 0.4) is 0 Å². The number of halogens is 6. The van der Waals surface area contributed by atoms with E-state index in [9.17, 15) is 26.3 Å². The number of rotatable bonds is 5. The highest BCUT2D eigenvalue weighted by atomic mass is 19.4. The molecule has 3 heterocycles. The van der Waals surface area contributed by atoms with Gasteiger partial charge in [0.2, 0.25) is 5.95 Å². The molecule has 1 unspecified atom stereocenters. The number of nitrogens with one attached hydrogen (secondary N) is 1. The molecule has 2 aromatic rings. The van der Waals surface area contributed by atoms with Gasteiger partial charge in [0, 0.05) is 50.8 Å². The Morgan fingerprint density at radius 3 is 2.03 bits per heavy atom. The van der Waals surface area contributed by atoms with Gasteiger partial charge in [0.05, 0.1) is 5.69 Å².